The summed E-state index contributed by atoms with van der Waals surface area (Å²) in [6, 6.07) is 4.64. The van der Waals surface area contributed by atoms with Crippen molar-refractivity contribution in [2.24, 2.45) is 0 Å². The van der Waals surface area contributed by atoms with Crippen LogP contribution in [0.5, 0.6) is 0 Å². The van der Waals surface area contributed by atoms with Gasteiger partial charge in [-0.15, -0.1) is 0 Å². The monoisotopic (exact) mass is 283 g/mol. The Hall–Kier alpha value is -1.52. The van der Waals surface area contributed by atoms with Crippen LogP contribution >= 0.6 is 0 Å². The molecule has 0 saturated carbocycles. The summed E-state index contributed by atoms with van der Waals surface area (Å²) in [5, 5.41) is 0. The molecule has 2 aliphatic rings. The van der Waals surface area contributed by atoms with Crippen molar-refractivity contribution < 1.29 is 18.0 Å². The van der Waals surface area contributed by atoms with Gasteiger partial charge in [-0.1, -0.05) is 6.07 Å². The molecule has 0 amide bonds. The van der Waals surface area contributed by atoms with Gasteiger partial charge in [0.15, 0.2) is 0 Å². The molecular formula is C15H16F3NO. The maximum atomic E-state index is 13.0. The van der Waals surface area contributed by atoms with Gasteiger partial charge >= 0.3 is 6.18 Å². The Morgan fingerprint density at radius 1 is 1.15 bits per heavy atom. The SMILES string of the molecule is Cc1ccc(N2C3CCC2CC(=O)C3)cc1C(F)(F)F. The zero-order valence-corrected chi connectivity index (χ0v) is 11.2. The Balaban J connectivity index is 1.98. The molecule has 2 nitrogen and oxygen atoms in total. The standard InChI is InChI=1S/C15H16F3NO/c1-9-2-3-12(8-14(9)15(16,17)18)19-10-4-5-11(19)7-13(20)6-10/h2-3,8,10-11H,4-7H2,1H3. The molecule has 0 N–H and O–H groups in total. The first-order chi connectivity index (χ1) is 9.36. The molecule has 108 valence electrons. The minimum absolute atomic E-state index is 0.0741. The van der Waals surface area contributed by atoms with Gasteiger partial charge in [0, 0.05) is 30.6 Å². The molecular weight excluding hydrogens is 267 g/mol. The summed E-state index contributed by atoms with van der Waals surface area (Å²) in [4.78, 5) is 13.6. The highest BCUT2D eigenvalue weighted by Crippen LogP contribution is 2.40. The third-order valence-corrected chi connectivity index (χ3v) is 4.37. The Morgan fingerprint density at radius 2 is 1.75 bits per heavy atom. The average molecular weight is 283 g/mol. The van der Waals surface area contributed by atoms with E-state index in [9.17, 15) is 18.0 Å². The van der Waals surface area contributed by atoms with Gasteiger partial charge in [-0.25, -0.2) is 0 Å². The summed E-state index contributed by atoms with van der Waals surface area (Å²) >= 11 is 0. The lowest BCUT2D eigenvalue weighted by atomic mass is 9.99. The molecule has 2 fully saturated rings. The molecule has 2 bridgehead atoms. The van der Waals surface area contributed by atoms with Gasteiger partial charge in [0.05, 0.1) is 5.56 Å². The Bertz CT molecular complexity index is 537. The van der Waals surface area contributed by atoms with E-state index in [1.165, 1.54) is 19.1 Å². The summed E-state index contributed by atoms with van der Waals surface area (Å²) in [6.45, 7) is 1.47. The number of Topliss-reactive ketones (excluding diaryl/α,β-unsaturated/α-hetero) is 1. The van der Waals surface area contributed by atoms with Gasteiger partial charge in [-0.05, 0) is 37.5 Å². The molecule has 2 saturated heterocycles. The first-order valence-corrected chi connectivity index (χ1v) is 6.84. The number of carbonyl (C=O) groups excluding carboxylic acids is 1. The number of rotatable bonds is 1. The van der Waals surface area contributed by atoms with Crippen LogP contribution in [0, 0.1) is 6.92 Å². The number of ketones is 1. The van der Waals surface area contributed by atoms with Gasteiger partial charge in [0.2, 0.25) is 0 Å². The number of hydrogen-bond acceptors (Lipinski definition) is 2. The minimum Gasteiger partial charge on any atom is -0.365 e. The number of nitrogens with zero attached hydrogens (tertiary/aromatic N) is 1. The lowest BCUT2D eigenvalue weighted by molar-refractivity contribution is -0.138. The minimum atomic E-state index is -4.33. The summed E-state index contributed by atoms with van der Waals surface area (Å²) in [7, 11) is 0. The highest BCUT2D eigenvalue weighted by molar-refractivity contribution is 5.83. The van der Waals surface area contributed by atoms with Crippen molar-refractivity contribution >= 4 is 11.5 Å². The van der Waals surface area contributed by atoms with Crippen molar-refractivity contribution in [2.45, 2.75) is 50.9 Å². The third kappa shape index (κ3) is 2.19. The third-order valence-electron chi connectivity index (χ3n) is 4.37. The molecule has 20 heavy (non-hydrogen) atoms. The first-order valence-electron chi connectivity index (χ1n) is 6.84. The van der Waals surface area contributed by atoms with E-state index in [1.54, 1.807) is 6.07 Å². The van der Waals surface area contributed by atoms with E-state index in [0.29, 0.717) is 18.5 Å². The lowest BCUT2D eigenvalue weighted by Gasteiger charge is -2.36. The molecule has 0 aliphatic carbocycles. The summed E-state index contributed by atoms with van der Waals surface area (Å²) in [5.74, 6) is 0.233. The fourth-order valence-corrected chi connectivity index (χ4v) is 3.47. The van der Waals surface area contributed by atoms with Crippen LogP contribution in [0.2, 0.25) is 0 Å². The number of halogens is 3. The van der Waals surface area contributed by atoms with Crippen LogP contribution in [0.25, 0.3) is 0 Å². The smallest absolute Gasteiger partial charge is 0.365 e. The molecule has 2 atom stereocenters. The number of hydrogen-bond donors (Lipinski definition) is 0. The van der Waals surface area contributed by atoms with Crippen LogP contribution in [0.1, 0.15) is 36.8 Å². The molecule has 0 aromatic heterocycles. The zero-order chi connectivity index (χ0) is 14.5. The van der Waals surface area contributed by atoms with E-state index in [-0.39, 0.29) is 23.4 Å². The van der Waals surface area contributed by atoms with Crippen molar-refractivity contribution in [1.29, 1.82) is 0 Å². The van der Waals surface area contributed by atoms with Gasteiger partial charge < -0.3 is 4.90 Å². The van der Waals surface area contributed by atoms with Crippen molar-refractivity contribution in [2.75, 3.05) is 4.90 Å². The van der Waals surface area contributed by atoms with Gasteiger partial charge in [-0.3, -0.25) is 4.79 Å². The molecule has 1 aromatic carbocycles. The number of carbonyl (C=O) groups is 1. The van der Waals surface area contributed by atoms with Gasteiger partial charge in [-0.2, -0.15) is 13.2 Å². The summed E-state index contributed by atoms with van der Waals surface area (Å²) in [5.41, 5.74) is 0.260. The second-order valence-corrected chi connectivity index (χ2v) is 5.74. The number of aryl methyl sites for hydroxylation is 1. The van der Waals surface area contributed by atoms with Crippen molar-refractivity contribution in [1.82, 2.24) is 0 Å². The second-order valence-electron chi connectivity index (χ2n) is 5.74. The van der Waals surface area contributed by atoms with E-state index >= 15 is 0 Å². The van der Waals surface area contributed by atoms with Gasteiger partial charge in [0.25, 0.3) is 0 Å². The van der Waals surface area contributed by atoms with E-state index in [4.69, 9.17) is 0 Å². The number of fused-ring (bicyclic) bond motifs is 2. The van der Waals surface area contributed by atoms with Crippen molar-refractivity contribution in [3.8, 4) is 0 Å². The Morgan fingerprint density at radius 3 is 2.30 bits per heavy atom. The van der Waals surface area contributed by atoms with E-state index in [0.717, 1.165) is 12.8 Å². The molecule has 0 radical (unpaired) electrons. The van der Waals surface area contributed by atoms with Crippen LogP contribution in [-0.4, -0.2) is 17.9 Å². The van der Waals surface area contributed by atoms with Crippen molar-refractivity contribution in [3.05, 3.63) is 29.3 Å². The normalized spacial score (nSPS) is 26.2. The highest BCUT2D eigenvalue weighted by Gasteiger charge is 2.41. The van der Waals surface area contributed by atoms with Crippen molar-refractivity contribution in [3.63, 3.8) is 0 Å². The largest absolute Gasteiger partial charge is 0.416 e. The van der Waals surface area contributed by atoms with E-state index in [1.807, 2.05) is 4.90 Å². The average Bonchev–Trinajstić information content (AvgIpc) is 2.62. The number of benzene rings is 1. The number of alkyl halides is 3. The Kier molecular flexibility index (Phi) is 3.03. The number of piperidine rings is 1. The lowest BCUT2D eigenvalue weighted by Crippen LogP contribution is -2.43. The molecule has 5 heteroatoms. The Labute approximate surface area is 115 Å². The predicted molar refractivity (Wildman–Crippen MR) is 69.7 cm³/mol. The molecule has 2 aliphatic heterocycles. The first kappa shape index (κ1) is 13.5. The van der Waals surface area contributed by atoms with Gasteiger partial charge in [0.1, 0.15) is 5.78 Å². The van der Waals surface area contributed by atoms with Crippen LogP contribution < -0.4 is 4.90 Å². The molecule has 0 spiro atoms. The molecule has 2 unspecified atom stereocenters. The quantitative estimate of drug-likeness (QED) is 0.783. The number of anilines is 1. The van der Waals surface area contributed by atoms with Crippen LogP contribution in [0.3, 0.4) is 0 Å². The van der Waals surface area contributed by atoms with Crippen LogP contribution in [0.4, 0.5) is 18.9 Å². The maximum absolute atomic E-state index is 13.0. The van der Waals surface area contributed by atoms with E-state index < -0.39 is 11.7 Å². The maximum Gasteiger partial charge on any atom is 0.416 e. The van der Waals surface area contributed by atoms with Crippen LogP contribution in [0.15, 0.2) is 18.2 Å². The van der Waals surface area contributed by atoms with E-state index in [2.05, 4.69) is 0 Å². The molecule has 3 rings (SSSR count). The van der Waals surface area contributed by atoms with Crippen LogP contribution in [-0.2, 0) is 11.0 Å². The summed E-state index contributed by atoms with van der Waals surface area (Å²) < 4.78 is 39.0. The summed E-state index contributed by atoms with van der Waals surface area (Å²) in [6.07, 6.45) is -1.61. The second kappa shape index (κ2) is 4.50. The zero-order valence-electron chi connectivity index (χ0n) is 11.2. The topological polar surface area (TPSA) is 20.3 Å². The fraction of sp³-hybridized carbons (Fsp3) is 0.533. The highest BCUT2D eigenvalue weighted by atomic mass is 19.4. The molecule has 2 heterocycles. The molecule has 1 aromatic rings. The fourth-order valence-electron chi connectivity index (χ4n) is 3.47. The predicted octanol–water partition coefficient (Wildman–Crippen LogP) is 3.71.